The first kappa shape index (κ1) is 39.5. The first-order valence-corrected chi connectivity index (χ1v) is 18.7. The number of carbonyl (C=O) groups excluding carboxylic acids is 6. The lowest BCUT2D eigenvalue weighted by molar-refractivity contribution is -0.158. The molecule has 0 aromatic heterocycles. The number of nitrogens with zero attached hydrogens (tertiary/aromatic N) is 1. The molecule has 0 aromatic carbocycles. The number of likely N-dealkylation sites (N-methyl/N-ethyl adjacent to an activating group) is 1. The summed E-state index contributed by atoms with van der Waals surface area (Å²) >= 11 is 0. The molecule has 282 valence electrons. The lowest BCUT2D eigenvalue weighted by Crippen LogP contribution is -2.62. The molecular formula is C36H60N6O8. The highest BCUT2D eigenvalue weighted by Gasteiger charge is 2.44. The molecular weight excluding hydrogens is 644 g/mol. The van der Waals surface area contributed by atoms with E-state index in [1.165, 1.54) is 18.2 Å². The number of carbonyl (C=O) groups is 6. The van der Waals surface area contributed by atoms with Crippen LogP contribution in [0.2, 0.25) is 0 Å². The highest BCUT2D eigenvalue weighted by Crippen LogP contribution is 2.50. The number of hydrogen-bond acceptors (Lipinski definition) is 9. The zero-order chi connectivity index (χ0) is 36.7. The summed E-state index contributed by atoms with van der Waals surface area (Å²) in [6, 6.07) is -4.66. The highest BCUT2D eigenvalue weighted by atomic mass is 16.5. The molecule has 0 aromatic rings. The molecule has 1 heterocycles. The number of esters is 1. The fourth-order valence-corrected chi connectivity index (χ4v) is 8.59. The number of fused-ring (bicyclic) bond motifs is 2. The molecule has 1 saturated heterocycles. The second-order valence-corrected chi connectivity index (χ2v) is 15.7. The molecule has 14 heteroatoms. The zero-order valence-corrected chi connectivity index (χ0v) is 30.5. The Morgan fingerprint density at radius 1 is 0.860 bits per heavy atom. The van der Waals surface area contributed by atoms with E-state index in [2.05, 4.69) is 21.3 Å². The minimum atomic E-state index is -1.46. The Kier molecular flexibility index (Phi) is 14.1. The molecule has 3 saturated carbocycles. The van der Waals surface area contributed by atoms with E-state index in [0.717, 1.165) is 38.5 Å². The van der Waals surface area contributed by atoms with E-state index >= 15 is 0 Å². The van der Waals surface area contributed by atoms with Crippen molar-refractivity contribution in [3.05, 3.63) is 0 Å². The van der Waals surface area contributed by atoms with Gasteiger partial charge in [0, 0.05) is 13.6 Å². The lowest BCUT2D eigenvalue weighted by Gasteiger charge is -2.36. The molecule has 0 spiro atoms. The highest BCUT2D eigenvalue weighted by molar-refractivity contribution is 5.96. The van der Waals surface area contributed by atoms with Crippen LogP contribution in [0.15, 0.2) is 0 Å². The lowest BCUT2D eigenvalue weighted by atomic mass is 9.82. The summed E-state index contributed by atoms with van der Waals surface area (Å²) in [7, 11) is 1.57. The number of hydrogen-bond donors (Lipinski definition) is 6. The van der Waals surface area contributed by atoms with Crippen LogP contribution in [0.3, 0.4) is 0 Å². The molecule has 7 N–H and O–H groups in total. The van der Waals surface area contributed by atoms with E-state index in [-0.39, 0.29) is 30.2 Å². The number of nitrogens with one attached hydrogen (secondary N) is 4. The smallest absolute Gasteiger partial charge is 0.325 e. The third-order valence-electron chi connectivity index (χ3n) is 11.5. The van der Waals surface area contributed by atoms with Crippen molar-refractivity contribution >= 4 is 35.5 Å². The number of ether oxygens (including phenoxy) is 1. The fourth-order valence-electron chi connectivity index (χ4n) is 8.59. The number of rotatable bonds is 7. The Bertz CT molecular complexity index is 1240. The maximum atomic E-state index is 14.2. The molecule has 3 aliphatic carbocycles. The maximum Gasteiger partial charge on any atom is 0.325 e. The average Bonchev–Trinajstić information content (AvgIpc) is 3.71. The Labute approximate surface area is 296 Å². The number of amides is 5. The quantitative estimate of drug-likeness (QED) is 0.206. The van der Waals surface area contributed by atoms with Crippen molar-refractivity contribution in [3.63, 3.8) is 0 Å². The van der Waals surface area contributed by atoms with Crippen LogP contribution in [0, 0.1) is 35.5 Å². The van der Waals surface area contributed by atoms with Gasteiger partial charge < -0.3 is 41.7 Å². The van der Waals surface area contributed by atoms with Gasteiger partial charge in [0.2, 0.25) is 29.5 Å². The number of nitrogens with two attached hydrogens (primary N) is 1. The third kappa shape index (κ3) is 9.95. The maximum absolute atomic E-state index is 14.2. The topological polar surface area (TPSA) is 209 Å². The van der Waals surface area contributed by atoms with Gasteiger partial charge in [-0.15, -0.1) is 0 Å². The van der Waals surface area contributed by atoms with Gasteiger partial charge in [-0.3, -0.25) is 28.8 Å². The number of aliphatic hydroxyl groups is 1. The van der Waals surface area contributed by atoms with E-state index < -0.39 is 78.4 Å². The third-order valence-corrected chi connectivity index (χ3v) is 11.5. The van der Waals surface area contributed by atoms with E-state index in [0.29, 0.717) is 37.5 Å². The summed E-state index contributed by atoms with van der Waals surface area (Å²) in [5.41, 5.74) is 5.90. The van der Waals surface area contributed by atoms with Crippen LogP contribution in [-0.4, -0.2) is 102 Å². The minimum absolute atomic E-state index is 0.0262. The molecule has 0 unspecified atom stereocenters. The Balaban J connectivity index is 1.69. The summed E-state index contributed by atoms with van der Waals surface area (Å²) in [5.74, 6) is -3.38. The molecule has 4 aliphatic rings. The van der Waals surface area contributed by atoms with Gasteiger partial charge in [-0.1, -0.05) is 46.5 Å². The average molecular weight is 705 g/mol. The molecule has 10 atom stereocenters. The van der Waals surface area contributed by atoms with E-state index in [9.17, 15) is 33.9 Å². The molecule has 1 aliphatic heterocycles. The fraction of sp³-hybridized carbons (Fsp3) is 0.833. The van der Waals surface area contributed by atoms with Crippen molar-refractivity contribution in [2.75, 3.05) is 20.1 Å². The first-order valence-electron chi connectivity index (χ1n) is 18.7. The summed E-state index contributed by atoms with van der Waals surface area (Å²) in [4.78, 5) is 83.4. The van der Waals surface area contributed by atoms with E-state index in [1.807, 2.05) is 13.8 Å². The Morgan fingerprint density at radius 2 is 1.56 bits per heavy atom. The molecule has 4 fully saturated rings. The minimum Gasteiger partial charge on any atom is -0.460 e. The molecule has 50 heavy (non-hydrogen) atoms. The summed E-state index contributed by atoms with van der Waals surface area (Å²) in [6.07, 6.45) is 7.25. The van der Waals surface area contributed by atoms with Crippen molar-refractivity contribution in [1.29, 1.82) is 0 Å². The normalized spacial score (nSPS) is 35.0. The predicted molar refractivity (Wildman–Crippen MR) is 185 cm³/mol. The predicted octanol–water partition coefficient (Wildman–Crippen LogP) is 0.738. The molecule has 5 amide bonds. The van der Waals surface area contributed by atoms with Crippen LogP contribution in [0.25, 0.3) is 0 Å². The monoisotopic (exact) mass is 704 g/mol. The van der Waals surface area contributed by atoms with Gasteiger partial charge in [0.15, 0.2) is 0 Å². The zero-order valence-electron chi connectivity index (χ0n) is 30.5. The second-order valence-electron chi connectivity index (χ2n) is 15.7. The first-order chi connectivity index (χ1) is 23.7. The van der Waals surface area contributed by atoms with Gasteiger partial charge in [-0.25, -0.2) is 0 Å². The van der Waals surface area contributed by atoms with Crippen molar-refractivity contribution in [2.45, 2.75) is 135 Å². The van der Waals surface area contributed by atoms with Crippen LogP contribution in [0.1, 0.15) is 98.3 Å². The summed E-state index contributed by atoms with van der Waals surface area (Å²) < 4.78 is 5.95. The van der Waals surface area contributed by atoms with Crippen LogP contribution >= 0.6 is 0 Å². The van der Waals surface area contributed by atoms with Crippen LogP contribution in [-0.2, 0) is 33.5 Å². The molecule has 14 nitrogen and oxygen atoms in total. The number of aliphatic hydroxyl groups excluding tert-OH is 1. The van der Waals surface area contributed by atoms with Gasteiger partial charge >= 0.3 is 5.97 Å². The van der Waals surface area contributed by atoms with Gasteiger partial charge in [0.1, 0.15) is 36.8 Å². The Hall–Kier alpha value is -3.26. The van der Waals surface area contributed by atoms with Crippen LogP contribution in [0.4, 0.5) is 0 Å². The van der Waals surface area contributed by atoms with Gasteiger partial charge in [0.25, 0.3) is 0 Å². The summed E-state index contributed by atoms with van der Waals surface area (Å²) in [5, 5.41) is 20.9. The van der Waals surface area contributed by atoms with Crippen molar-refractivity contribution < 1.29 is 38.6 Å². The second kappa shape index (κ2) is 17.8. The molecule has 2 bridgehead atoms. The van der Waals surface area contributed by atoms with Crippen LogP contribution in [0.5, 0.6) is 0 Å². The van der Waals surface area contributed by atoms with Gasteiger partial charge in [-0.05, 0) is 81.5 Å². The Morgan fingerprint density at radius 3 is 2.14 bits per heavy atom. The summed E-state index contributed by atoms with van der Waals surface area (Å²) in [6.45, 7) is 6.05. The molecule has 0 radical (unpaired) electrons. The van der Waals surface area contributed by atoms with Gasteiger partial charge in [0.05, 0.1) is 12.0 Å². The van der Waals surface area contributed by atoms with Crippen molar-refractivity contribution in [1.82, 2.24) is 26.2 Å². The standard InChI is InChI=1S/C36H60N6O8/c1-19(2)13-27-33(46)41-31(23-9-7-6-8-10-23)35(48)39-26(17-37)32(45)40-30(21(4)43)34(47)38-18-29(44)50-28(20(3)36(49)42(27)5)16-25-15-22-11-12-24(25)14-22/h19-28,30-31,43H,6-18,37H2,1-5H3,(H,38,47)(H,39,48)(H,40,45)(H,41,46)/t20-,21+,22-,24+,25-,26+,27+,28-,30+,31+/m1/s1. The molecule has 4 rings (SSSR count). The largest absolute Gasteiger partial charge is 0.460 e. The van der Waals surface area contributed by atoms with E-state index in [1.54, 1.807) is 14.0 Å². The van der Waals surface area contributed by atoms with Crippen molar-refractivity contribution in [2.24, 2.45) is 41.2 Å². The van der Waals surface area contributed by atoms with Crippen LogP contribution < -0.4 is 27.0 Å². The van der Waals surface area contributed by atoms with Crippen molar-refractivity contribution in [3.8, 4) is 0 Å². The number of cyclic esters (lactones) is 1. The van der Waals surface area contributed by atoms with E-state index in [4.69, 9.17) is 10.5 Å². The SMILES string of the molecule is CC(C)C[C@H]1C(=O)N[C@@H](C2CCCCC2)C(=O)N[C@@H](CN)C(=O)N[C@@H]([C@H](C)O)C(=O)NCC(=O)O[C@H](C[C@H]2C[C@@H]3CC[C@H]2C3)[C@@H](C)C(=O)N1C. The van der Waals surface area contributed by atoms with Gasteiger partial charge in [-0.2, -0.15) is 0 Å².